The van der Waals surface area contributed by atoms with Gasteiger partial charge in [0.2, 0.25) is 0 Å². The van der Waals surface area contributed by atoms with E-state index in [9.17, 15) is 9.18 Å². The summed E-state index contributed by atoms with van der Waals surface area (Å²) in [6.07, 6.45) is 3.89. The van der Waals surface area contributed by atoms with Gasteiger partial charge < -0.3 is 0 Å². The van der Waals surface area contributed by atoms with E-state index in [4.69, 9.17) is 0 Å². The molecule has 0 fully saturated rings. The lowest BCUT2D eigenvalue weighted by molar-refractivity contribution is 0.101. The normalized spacial score (nSPS) is 15.0. The lowest BCUT2D eigenvalue weighted by Crippen LogP contribution is -2.09. The topological polar surface area (TPSA) is 17.1 Å². The van der Waals surface area contributed by atoms with Gasteiger partial charge in [-0.1, -0.05) is 6.07 Å². The summed E-state index contributed by atoms with van der Waals surface area (Å²) in [7, 11) is 0. The van der Waals surface area contributed by atoms with Crippen LogP contribution in [0.5, 0.6) is 0 Å². The van der Waals surface area contributed by atoms with Crippen molar-refractivity contribution in [2.24, 2.45) is 0 Å². The molecule has 0 heterocycles. The van der Waals surface area contributed by atoms with Crippen molar-refractivity contribution in [2.75, 3.05) is 0 Å². The maximum Gasteiger partial charge on any atom is 0.162 e. The first-order valence-corrected chi connectivity index (χ1v) is 5.01. The quantitative estimate of drug-likeness (QED) is 0.625. The van der Waals surface area contributed by atoms with Crippen LogP contribution in [-0.4, -0.2) is 5.78 Å². The molecule has 0 aromatic heterocycles. The Morgan fingerprint density at radius 3 is 2.71 bits per heavy atom. The van der Waals surface area contributed by atoms with Crippen LogP contribution in [-0.2, 0) is 12.8 Å². The highest BCUT2D eigenvalue weighted by molar-refractivity contribution is 5.94. The maximum absolute atomic E-state index is 13.8. The molecule has 1 aromatic carbocycles. The molecule has 0 atom stereocenters. The molecule has 0 N–H and O–H groups in total. The molecule has 1 aliphatic rings. The van der Waals surface area contributed by atoms with Gasteiger partial charge in [-0.05, 0) is 49.8 Å². The van der Waals surface area contributed by atoms with Crippen LogP contribution in [0.15, 0.2) is 12.1 Å². The summed E-state index contributed by atoms with van der Waals surface area (Å²) in [5.41, 5.74) is 2.09. The van der Waals surface area contributed by atoms with Gasteiger partial charge in [0, 0.05) is 0 Å². The van der Waals surface area contributed by atoms with E-state index < -0.39 is 0 Å². The number of carbonyl (C=O) groups excluding carboxylic acids is 1. The second kappa shape index (κ2) is 3.52. The highest BCUT2D eigenvalue weighted by Gasteiger charge is 2.17. The molecule has 1 nitrogen and oxygen atoms in total. The van der Waals surface area contributed by atoms with Crippen molar-refractivity contribution in [3.63, 3.8) is 0 Å². The molecule has 74 valence electrons. The summed E-state index contributed by atoms with van der Waals surface area (Å²) in [6, 6.07) is 3.51. The lowest BCUT2D eigenvalue weighted by atomic mass is 9.89. The van der Waals surface area contributed by atoms with Gasteiger partial charge in [-0.3, -0.25) is 4.79 Å². The van der Waals surface area contributed by atoms with E-state index >= 15 is 0 Å². The third-order valence-electron chi connectivity index (χ3n) is 2.84. The van der Waals surface area contributed by atoms with Crippen molar-refractivity contribution in [1.29, 1.82) is 0 Å². The number of benzene rings is 1. The van der Waals surface area contributed by atoms with E-state index in [1.807, 2.05) is 6.07 Å². The number of Topliss-reactive ketones (excluding diaryl/α,β-unsaturated/α-hetero) is 1. The monoisotopic (exact) mass is 192 g/mol. The molecule has 2 heteroatoms. The van der Waals surface area contributed by atoms with Crippen LogP contribution in [0.25, 0.3) is 0 Å². The standard InChI is InChI=1S/C12H13FO/c1-8(14)10-7-6-9-4-2-3-5-11(9)12(10)13/h6-7H,2-5H2,1H3. The number of halogens is 1. The zero-order valence-corrected chi connectivity index (χ0v) is 8.27. The fraction of sp³-hybridized carbons (Fsp3) is 0.417. The Balaban J connectivity index is 2.54. The van der Waals surface area contributed by atoms with Gasteiger partial charge in [-0.15, -0.1) is 0 Å². The SMILES string of the molecule is CC(=O)c1ccc2c(c1F)CCCC2. The first-order chi connectivity index (χ1) is 6.70. The first kappa shape index (κ1) is 9.38. The van der Waals surface area contributed by atoms with Crippen molar-refractivity contribution in [3.8, 4) is 0 Å². The summed E-state index contributed by atoms with van der Waals surface area (Å²) in [5, 5.41) is 0. The van der Waals surface area contributed by atoms with Gasteiger partial charge in [-0.2, -0.15) is 0 Å². The number of ketones is 1. The fourth-order valence-electron chi connectivity index (χ4n) is 2.05. The molecule has 0 unspecified atom stereocenters. The zero-order chi connectivity index (χ0) is 10.1. The van der Waals surface area contributed by atoms with E-state index in [0.29, 0.717) is 0 Å². The number of hydrogen-bond acceptors (Lipinski definition) is 1. The Labute approximate surface area is 82.9 Å². The molecule has 0 amide bonds. The third kappa shape index (κ3) is 1.45. The summed E-state index contributed by atoms with van der Waals surface area (Å²) in [4.78, 5) is 11.1. The predicted molar refractivity (Wildman–Crippen MR) is 53.0 cm³/mol. The van der Waals surface area contributed by atoms with Gasteiger partial charge in [0.25, 0.3) is 0 Å². The molecule has 0 spiro atoms. The number of hydrogen-bond donors (Lipinski definition) is 0. The smallest absolute Gasteiger partial charge is 0.162 e. The molecule has 1 aromatic rings. The van der Waals surface area contributed by atoms with Crippen LogP contribution in [0.3, 0.4) is 0 Å². The van der Waals surface area contributed by atoms with Gasteiger partial charge in [0.1, 0.15) is 5.82 Å². The van der Waals surface area contributed by atoms with E-state index in [-0.39, 0.29) is 17.2 Å². The summed E-state index contributed by atoms with van der Waals surface area (Å²) < 4.78 is 13.8. The van der Waals surface area contributed by atoms with Gasteiger partial charge in [-0.25, -0.2) is 4.39 Å². The van der Waals surface area contributed by atoms with Crippen molar-refractivity contribution in [3.05, 3.63) is 34.6 Å². The molecule has 1 aliphatic carbocycles. The Kier molecular flexibility index (Phi) is 2.36. The second-order valence-electron chi connectivity index (χ2n) is 3.83. The molecule has 0 saturated carbocycles. The minimum Gasteiger partial charge on any atom is -0.294 e. The summed E-state index contributed by atoms with van der Waals surface area (Å²) >= 11 is 0. The Hall–Kier alpha value is -1.18. The number of aryl methyl sites for hydroxylation is 1. The van der Waals surface area contributed by atoms with E-state index in [1.165, 1.54) is 6.92 Å². The zero-order valence-electron chi connectivity index (χ0n) is 8.27. The average molecular weight is 192 g/mol. The highest BCUT2D eigenvalue weighted by atomic mass is 19.1. The molecular formula is C12H13FO. The Morgan fingerprint density at radius 1 is 1.29 bits per heavy atom. The van der Waals surface area contributed by atoms with E-state index in [1.54, 1.807) is 6.07 Å². The van der Waals surface area contributed by atoms with Crippen LogP contribution in [0.4, 0.5) is 4.39 Å². The first-order valence-electron chi connectivity index (χ1n) is 5.01. The van der Waals surface area contributed by atoms with Crippen LogP contribution in [0.2, 0.25) is 0 Å². The van der Waals surface area contributed by atoms with Gasteiger partial charge in [0.15, 0.2) is 5.78 Å². The van der Waals surface area contributed by atoms with Gasteiger partial charge >= 0.3 is 0 Å². The molecule has 0 saturated heterocycles. The van der Waals surface area contributed by atoms with Crippen molar-refractivity contribution in [2.45, 2.75) is 32.6 Å². The number of fused-ring (bicyclic) bond motifs is 1. The number of carbonyl (C=O) groups is 1. The van der Waals surface area contributed by atoms with Crippen molar-refractivity contribution >= 4 is 5.78 Å². The third-order valence-corrected chi connectivity index (χ3v) is 2.84. The Morgan fingerprint density at radius 2 is 2.00 bits per heavy atom. The van der Waals surface area contributed by atoms with Crippen LogP contribution in [0, 0.1) is 5.82 Å². The summed E-state index contributed by atoms with van der Waals surface area (Å²) in [6.45, 7) is 1.41. The molecule has 0 radical (unpaired) electrons. The number of rotatable bonds is 1. The average Bonchev–Trinajstić information content (AvgIpc) is 2.18. The minimum absolute atomic E-state index is 0.184. The molecular weight excluding hydrogens is 179 g/mol. The molecule has 0 bridgehead atoms. The molecule has 14 heavy (non-hydrogen) atoms. The van der Waals surface area contributed by atoms with E-state index in [2.05, 4.69) is 0 Å². The van der Waals surface area contributed by atoms with Crippen molar-refractivity contribution in [1.82, 2.24) is 0 Å². The van der Waals surface area contributed by atoms with Crippen LogP contribution < -0.4 is 0 Å². The lowest BCUT2D eigenvalue weighted by Gasteiger charge is -2.17. The highest BCUT2D eigenvalue weighted by Crippen LogP contribution is 2.25. The Bertz CT molecular complexity index is 382. The maximum atomic E-state index is 13.8. The van der Waals surface area contributed by atoms with Crippen LogP contribution >= 0.6 is 0 Å². The predicted octanol–water partition coefficient (Wildman–Crippen LogP) is 2.91. The molecule has 2 rings (SSSR count). The summed E-state index contributed by atoms with van der Waals surface area (Å²) in [5.74, 6) is -0.467. The van der Waals surface area contributed by atoms with Gasteiger partial charge in [0.05, 0.1) is 5.56 Å². The van der Waals surface area contributed by atoms with E-state index in [0.717, 1.165) is 36.8 Å². The fourth-order valence-corrected chi connectivity index (χ4v) is 2.05. The van der Waals surface area contributed by atoms with Crippen molar-refractivity contribution < 1.29 is 9.18 Å². The van der Waals surface area contributed by atoms with Crippen LogP contribution in [0.1, 0.15) is 41.3 Å². The molecule has 0 aliphatic heterocycles. The largest absolute Gasteiger partial charge is 0.294 e. The minimum atomic E-state index is -0.283. The second-order valence-corrected chi connectivity index (χ2v) is 3.83.